The van der Waals surface area contributed by atoms with Crippen LogP contribution in [0.2, 0.25) is 4.34 Å². The van der Waals surface area contributed by atoms with E-state index in [4.69, 9.17) is 11.6 Å². The molecule has 2 rings (SSSR count). The summed E-state index contributed by atoms with van der Waals surface area (Å²) in [5, 5.41) is 3.63. The largest absolute Gasteiger partial charge is 0.312 e. The molecule has 0 aliphatic heterocycles. The summed E-state index contributed by atoms with van der Waals surface area (Å²) in [6.07, 6.45) is 2.68. The summed E-state index contributed by atoms with van der Waals surface area (Å²) in [7, 11) is 2.24. The van der Waals surface area contributed by atoms with Crippen molar-refractivity contribution in [2.75, 3.05) is 13.6 Å². The Hall–Kier alpha value is -0.0900. The highest BCUT2D eigenvalue weighted by atomic mass is 35.5. The van der Waals surface area contributed by atoms with Crippen LogP contribution < -0.4 is 5.32 Å². The Bertz CT molecular complexity index is 411. The minimum atomic E-state index is 0.222. The van der Waals surface area contributed by atoms with Crippen molar-refractivity contribution in [3.63, 3.8) is 0 Å². The maximum atomic E-state index is 5.99. The van der Waals surface area contributed by atoms with Gasteiger partial charge in [0.15, 0.2) is 0 Å². The Morgan fingerprint density at radius 1 is 1.37 bits per heavy atom. The second kappa shape index (κ2) is 6.13. The van der Waals surface area contributed by atoms with Crippen LogP contribution in [0, 0.1) is 5.92 Å². The van der Waals surface area contributed by atoms with Crippen LogP contribution in [0.15, 0.2) is 12.1 Å². The molecule has 0 bridgehead atoms. The molecule has 1 aromatic heterocycles. The molecule has 1 aliphatic rings. The van der Waals surface area contributed by atoms with Gasteiger partial charge < -0.3 is 5.32 Å². The highest BCUT2D eigenvalue weighted by Gasteiger charge is 2.34. The summed E-state index contributed by atoms with van der Waals surface area (Å²) in [5.74, 6) is 0.791. The van der Waals surface area contributed by atoms with Crippen molar-refractivity contribution in [2.45, 2.75) is 51.7 Å². The first-order valence-electron chi connectivity index (χ1n) is 7.04. The number of nitrogens with zero attached hydrogens (tertiary/aromatic N) is 1. The fourth-order valence-corrected chi connectivity index (χ4v) is 3.76. The lowest BCUT2D eigenvalue weighted by Crippen LogP contribution is -2.51. The lowest BCUT2D eigenvalue weighted by molar-refractivity contribution is 0.0745. The monoisotopic (exact) mass is 300 g/mol. The van der Waals surface area contributed by atoms with Crippen LogP contribution in [-0.2, 0) is 6.54 Å². The van der Waals surface area contributed by atoms with Crippen molar-refractivity contribution >= 4 is 22.9 Å². The van der Waals surface area contributed by atoms with Crippen LogP contribution in [0.25, 0.3) is 0 Å². The molecule has 1 heterocycles. The van der Waals surface area contributed by atoms with Gasteiger partial charge >= 0.3 is 0 Å². The molecule has 1 fully saturated rings. The Morgan fingerprint density at radius 3 is 2.58 bits per heavy atom. The van der Waals surface area contributed by atoms with Gasteiger partial charge in [-0.1, -0.05) is 11.6 Å². The molecule has 0 spiro atoms. The number of thiophene rings is 1. The summed E-state index contributed by atoms with van der Waals surface area (Å²) >= 11 is 7.68. The van der Waals surface area contributed by atoms with Gasteiger partial charge in [0.1, 0.15) is 0 Å². The van der Waals surface area contributed by atoms with E-state index in [-0.39, 0.29) is 5.54 Å². The van der Waals surface area contributed by atoms with Crippen molar-refractivity contribution in [3.8, 4) is 0 Å². The Balaban J connectivity index is 1.81. The Morgan fingerprint density at radius 2 is 2.11 bits per heavy atom. The third-order valence-corrected chi connectivity index (χ3v) is 5.09. The molecule has 4 heteroatoms. The molecule has 1 aliphatic carbocycles. The molecule has 1 aromatic rings. The van der Waals surface area contributed by atoms with E-state index in [1.54, 1.807) is 11.3 Å². The topological polar surface area (TPSA) is 15.3 Å². The number of hydrogen-bond acceptors (Lipinski definition) is 3. The van der Waals surface area contributed by atoms with E-state index in [1.807, 2.05) is 6.07 Å². The molecule has 0 aromatic carbocycles. The second-order valence-corrected chi connectivity index (χ2v) is 8.46. The summed E-state index contributed by atoms with van der Waals surface area (Å²) < 4.78 is 0.892. The van der Waals surface area contributed by atoms with Crippen molar-refractivity contribution in [1.82, 2.24) is 10.2 Å². The number of rotatable bonds is 5. The normalized spacial score (nSPS) is 23.7. The SMILES string of the molecule is CN(Cc1ccc(Cl)s1)C1CCC1CNC(C)(C)C. The average molecular weight is 301 g/mol. The highest BCUT2D eigenvalue weighted by molar-refractivity contribution is 7.16. The van der Waals surface area contributed by atoms with Gasteiger partial charge in [0.05, 0.1) is 4.34 Å². The fourth-order valence-electron chi connectivity index (χ4n) is 2.61. The Kier molecular flexibility index (Phi) is 4.93. The highest BCUT2D eigenvalue weighted by Crippen LogP contribution is 2.33. The third kappa shape index (κ3) is 4.45. The lowest BCUT2D eigenvalue weighted by atomic mass is 9.78. The van der Waals surface area contributed by atoms with E-state index in [0.29, 0.717) is 0 Å². The van der Waals surface area contributed by atoms with Gasteiger partial charge in [0.2, 0.25) is 0 Å². The van der Waals surface area contributed by atoms with Crippen molar-refractivity contribution in [1.29, 1.82) is 0 Å². The zero-order valence-electron chi connectivity index (χ0n) is 12.4. The maximum absolute atomic E-state index is 5.99. The molecule has 2 unspecified atom stereocenters. The molecule has 0 amide bonds. The van der Waals surface area contributed by atoms with Crippen molar-refractivity contribution < 1.29 is 0 Å². The Labute approximate surface area is 126 Å². The van der Waals surface area contributed by atoms with E-state index in [2.05, 4.69) is 44.1 Å². The minimum absolute atomic E-state index is 0.222. The molecule has 0 saturated heterocycles. The fraction of sp³-hybridized carbons (Fsp3) is 0.733. The van der Waals surface area contributed by atoms with Crippen LogP contribution in [0.5, 0.6) is 0 Å². The van der Waals surface area contributed by atoms with Gasteiger partial charge in [-0.25, -0.2) is 0 Å². The van der Waals surface area contributed by atoms with Crippen LogP contribution in [0.1, 0.15) is 38.5 Å². The summed E-state index contributed by atoms with van der Waals surface area (Å²) in [4.78, 5) is 3.85. The molecule has 0 radical (unpaired) electrons. The lowest BCUT2D eigenvalue weighted by Gasteiger charge is -2.44. The third-order valence-electron chi connectivity index (χ3n) is 3.87. The van der Waals surface area contributed by atoms with Gasteiger partial charge in [-0.05, 0) is 65.3 Å². The van der Waals surface area contributed by atoms with E-state index < -0.39 is 0 Å². The first-order chi connectivity index (χ1) is 8.85. The molecule has 1 saturated carbocycles. The van der Waals surface area contributed by atoms with Crippen molar-refractivity contribution in [2.24, 2.45) is 5.92 Å². The zero-order valence-corrected chi connectivity index (χ0v) is 13.9. The predicted molar refractivity (Wildman–Crippen MR) is 85.1 cm³/mol. The molecule has 2 atom stereocenters. The molecule has 1 N–H and O–H groups in total. The number of hydrogen-bond donors (Lipinski definition) is 1. The van der Waals surface area contributed by atoms with Gasteiger partial charge in [-0.15, -0.1) is 11.3 Å². The first-order valence-corrected chi connectivity index (χ1v) is 8.24. The van der Waals surface area contributed by atoms with Crippen LogP contribution >= 0.6 is 22.9 Å². The van der Waals surface area contributed by atoms with E-state index in [1.165, 1.54) is 17.7 Å². The van der Waals surface area contributed by atoms with Gasteiger partial charge in [-0.3, -0.25) is 4.90 Å². The number of nitrogens with one attached hydrogen (secondary N) is 1. The smallest absolute Gasteiger partial charge is 0.0931 e. The van der Waals surface area contributed by atoms with Crippen molar-refractivity contribution in [3.05, 3.63) is 21.3 Å². The quantitative estimate of drug-likeness (QED) is 0.884. The van der Waals surface area contributed by atoms with Crippen LogP contribution in [-0.4, -0.2) is 30.1 Å². The number of halogens is 1. The van der Waals surface area contributed by atoms with Gasteiger partial charge in [0, 0.05) is 23.0 Å². The van der Waals surface area contributed by atoms with E-state index in [9.17, 15) is 0 Å². The first kappa shape index (κ1) is 15.3. The van der Waals surface area contributed by atoms with E-state index in [0.717, 1.165) is 29.4 Å². The molecule has 19 heavy (non-hydrogen) atoms. The van der Waals surface area contributed by atoms with E-state index >= 15 is 0 Å². The predicted octanol–water partition coefficient (Wildman–Crippen LogP) is 4.00. The summed E-state index contributed by atoms with van der Waals surface area (Å²) in [6.45, 7) is 8.85. The molecule has 2 nitrogen and oxygen atoms in total. The second-order valence-electron chi connectivity index (χ2n) is 6.66. The van der Waals surface area contributed by atoms with Crippen LogP contribution in [0.3, 0.4) is 0 Å². The minimum Gasteiger partial charge on any atom is -0.312 e. The zero-order chi connectivity index (χ0) is 14.0. The summed E-state index contributed by atoms with van der Waals surface area (Å²) in [5.41, 5.74) is 0.222. The van der Waals surface area contributed by atoms with Crippen LogP contribution in [0.4, 0.5) is 0 Å². The van der Waals surface area contributed by atoms with Gasteiger partial charge in [0.25, 0.3) is 0 Å². The molecule has 108 valence electrons. The average Bonchev–Trinajstić information content (AvgIpc) is 2.60. The van der Waals surface area contributed by atoms with Gasteiger partial charge in [-0.2, -0.15) is 0 Å². The molecular formula is C15H25ClN2S. The standard InChI is InChI=1S/C15H25ClN2S/c1-15(2,3)17-9-11-5-7-13(11)18(4)10-12-6-8-14(16)19-12/h6,8,11,13,17H,5,7,9-10H2,1-4H3. The molecular weight excluding hydrogens is 276 g/mol. The maximum Gasteiger partial charge on any atom is 0.0931 e. The summed E-state index contributed by atoms with van der Waals surface area (Å²) in [6, 6.07) is 4.86.